The lowest BCUT2D eigenvalue weighted by molar-refractivity contribution is 0.0696. The summed E-state index contributed by atoms with van der Waals surface area (Å²) in [5.41, 5.74) is 1.17. The van der Waals surface area contributed by atoms with E-state index in [9.17, 15) is 13.2 Å². The fourth-order valence-corrected chi connectivity index (χ4v) is 3.31. The van der Waals surface area contributed by atoms with Crippen LogP contribution in [0.5, 0.6) is 0 Å². The first-order valence-corrected chi connectivity index (χ1v) is 8.34. The molecule has 0 aliphatic heterocycles. The van der Waals surface area contributed by atoms with Crippen LogP contribution in [0.15, 0.2) is 41.6 Å². The molecule has 0 spiro atoms. The van der Waals surface area contributed by atoms with Gasteiger partial charge in [-0.15, -0.1) is 0 Å². The first-order valence-electron chi connectivity index (χ1n) is 5.78. The molecule has 2 rings (SSSR count). The summed E-state index contributed by atoms with van der Waals surface area (Å²) in [6.07, 6.45) is 1.01. The number of anilines is 1. The summed E-state index contributed by atoms with van der Waals surface area (Å²) in [7, 11) is -3.85. The van der Waals surface area contributed by atoms with E-state index >= 15 is 0 Å². The van der Waals surface area contributed by atoms with Gasteiger partial charge in [-0.05, 0) is 65.4 Å². The van der Waals surface area contributed by atoms with Crippen molar-refractivity contribution in [3.8, 4) is 0 Å². The smallest absolute Gasteiger partial charge is 0.337 e. The number of carboxylic acid groups (broad SMARTS) is 1. The SMILES string of the molecule is Cc1cc(I)ccc1NS(=O)(=O)c1ccc(C(=O)O)cn1. The number of rotatable bonds is 4. The van der Waals surface area contributed by atoms with Crippen LogP contribution in [0.4, 0.5) is 5.69 Å². The Labute approximate surface area is 135 Å². The Morgan fingerprint density at radius 2 is 2.00 bits per heavy atom. The molecule has 1 aromatic heterocycles. The number of nitrogens with zero attached hydrogens (tertiary/aromatic N) is 1. The van der Waals surface area contributed by atoms with Gasteiger partial charge in [-0.3, -0.25) is 4.72 Å². The molecule has 0 aliphatic rings. The Balaban J connectivity index is 2.31. The van der Waals surface area contributed by atoms with Gasteiger partial charge in [-0.25, -0.2) is 9.78 Å². The molecule has 21 heavy (non-hydrogen) atoms. The Hall–Kier alpha value is -1.68. The van der Waals surface area contributed by atoms with Crippen LogP contribution in [0.25, 0.3) is 0 Å². The van der Waals surface area contributed by atoms with Gasteiger partial charge in [0.2, 0.25) is 0 Å². The van der Waals surface area contributed by atoms with Crippen molar-refractivity contribution in [1.82, 2.24) is 4.98 Å². The molecule has 110 valence electrons. The fourth-order valence-electron chi connectivity index (χ4n) is 1.60. The molecule has 0 saturated carbocycles. The van der Waals surface area contributed by atoms with Crippen LogP contribution in [0, 0.1) is 10.5 Å². The van der Waals surface area contributed by atoms with Crippen LogP contribution in [0.2, 0.25) is 0 Å². The third kappa shape index (κ3) is 3.70. The lowest BCUT2D eigenvalue weighted by Gasteiger charge is -2.10. The number of aryl methyl sites for hydroxylation is 1. The predicted molar refractivity (Wildman–Crippen MR) is 85.9 cm³/mol. The number of aromatic carboxylic acids is 1. The molecule has 0 atom stereocenters. The lowest BCUT2D eigenvalue weighted by Crippen LogP contribution is -2.15. The molecule has 0 saturated heterocycles. The maximum atomic E-state index is 12.2. The largest absolute Gasteiger partial charge is 0.478 e. The summed E-state index contributed by atoms with van der Waals surface area (Å²) in [5, 5.41) is 8.54. The normalized spacial score (nSPS) is 11.1. The minimum absolute atomic E-state index is 0.0700. The highest BCUT2D eigenvalue weighted by Gasteiger charge is 2.17. The van der Waals surface area contributed by atoms with Crippen molar-refractivity contribution >= 4 is 44.3 Å². The molecule has 0 unspecified atom stereocenters. The van der Waals surface area contributed by atoms with Crippen molar-refractivity contribution in [3.63, 3.8) is 0 Å². The molecule has 0 fully saturated rings. The van der Waals surface area contributed by atoms with E-state index in [1.807, 2.05) is 6.07 Å². The summed E-state index contributed by atoms with van der Waals surface area (Å²) < 4.78 is 27.8. The van der Waals surface area contributed by atoms with Crippen LogP contribution < -0.4 is 4.72 Å². The lowest BCUT2D eigenvalue weighted by atomic mass is 10.2. The summed E-state index contributed by atoms with van der Waals surface area (Å²) >= 11 is 2.14. The van der Waals surface area contributed by atoms with Crippen LogP contribution in [0.1, 0.15) is 15.9 Å². The zero-order valence-corrected chi connectivity index (χ0v) is 13.8. The van der Waals surface area contributed by atoms with Gasteiger partial charge in [0, 0.05) is 9.77 Å². The zero-order chi connectivity index (χ0) is 15.6. The Kier molecular flexibility index (Phi) is 4.47. The second kappa shape index (κ2) is 5.98. The van der Waals surface area contributed by atoms with Crippen LogP contribution >= 0.6 is 22.6 Å². The number of aromatic nitrogens is 1. The molecule has 2 N–H and O–H groups in total. The van der Waals surface area contributed by atoms with Gasteiger partial charge in [0.15, 0.2) is 5.03 Å². The van der Waals surface area contributed by atoms with Crippen LogP contribution in [-0.2, 0) is 10.0 Å². The minimum atomic E-state index is -3.85. The first kappa shape index (κ1) is 15.7. The fraction of sp³-hybridized carbons (Fsp3) is 0.0769. The molecule has 8 heteroatoms. The van der Waals surface area contributed by atoms with Crippen molar-refractivity contribution in [3.05, 3.63) is 51.2 Å². The highest BCUT2D eigenvalue weighted by Crippen LogP contribution is 2.21. The van der Waals surface area contributed by atoms with Gasteiger partial charge in [-0.1, -0.05) is 0 Å². The number of halogens is 1. The summed E-state index contributed by atoms with van der Waals surface area (Å²) in [5.74, 6) is -1.16. The summed E-state index contributed by atoms with van der Waals surface area (Å²) in [6, 6.07) is 7.66. The van der Waals surface area contributed by atoms with Gasteiger partial charge in [-0.2, -0.15) is 8.42 Å². The maximum absolute atomic E-state index is 12.2. The molecule has 1 heterocycles. The number of hydrogen-bond acceptors (Lipinski definition) is 4. The van der Waals surface area contributed by atoms with Crippen LogP contribution in [-0.4, -0.2) is 24.5 Å². The standard InChI is InChI=1S/C13H11IN2O4S/c1-8-6-10(14)3-4-11(8)16-21(19,20)12-5-2-9(7-15-12)13(17)18/h2-7,16H,1H3,(H,17,18). The summed E-state index contributed by atoms with van der Waals surface area (Å²) in [4.78, 5) is 14.4. The Bertz CT molecular complexity index is 788. The van der Waals surface area contributed by atoms with E-state index in [-0.39, 0.29) is 10.6 Å². The van der Waals surface area contributed by atoms with E-state index in [4.69, 9.17) is 5.11 Å². The second-order valence-electron chi connectivity index (χ2n) is 4.26. The van der Waals surface area contributed by atoms with E-state index in [0.717, 1.165) is 21.4 Å². The van der Waals surface area contributed by atoms with E-state index in [0.29, 0.717) is 5.69 Å². The average Bonchev–Trinajstić information content (AvgIpc) is 2.42. The average molecular weight is 418 g/mol. The molecule has 0 bridgehead atoms. The number of pyridine rings is 1. The van der Waals surface area contributed by atoms with Crippen molar-refractivity contribution in [2.45, 2.75) is 11.9 Å². The van der Waals surface area contributed by atoms with E-state index in [2.05, 4.69) is 32.3 Å². The quantitative estimate of drug-likeness (QED) is 0.744. The monoisotopic (exact) mass is 418 g/mol. The van der Waals surface area contributed by atoms with Gasteiger partial charge < -0.3 is 5.11 Å². The van der Waals surface area contributed by atoms with Gasteiger partial charge >= 0.3 is 5.97 Å². The highest BCUT2D eigenvalue weighted by molar-refractivity contribution is 14.1. The number of benzene rings is 1. The number of hydrogen-bond donors (Lipinski definition) is 2. The third-order valence-electron chi connectivity index (χ3n) is 2.69. The van der Waals surface area contributed by atoms with Crippen molar-refractivity contribution in [1.29, 1.82) is 0 Å². The molecule has 0 amide bonds. The van der Waals surface area contributed by atoms with Crippen molar-refractivity contribution in [2.24, 2.45) is 0 Å². The zero-order valence-electron chi connectivity index (χ0n) is 10.9. The summed E-state index contributed by atoms with van der Waals surface area (Å²) in [6.45, 7) is 1.79. The predicted octanol–water partition coefficient (Wildman–Crippen LogP) is 2.49. The van der Waals surface area contributed by atoms with Crippen molar-refractivity contribution in [2.75, 3.05) is 4.72 Å². The minimum Gasteiger partial charge on any atom is -0.478 e. The molecular weight excluding hydrogens is 407 g/mol. The van der Waals surface area contributed by atoms with E-state index < -0.39 is 16.0 Å². The molecule has 1 aromatic carbocycles. The number of sulfonamides is 1. The van der Waals surface area contributed by atoms with Crippen LogP contribution in [0.3, 0.4) is 0 Å². The number of carboxylic acids is 1. The first-order chi connectivity index (χ1) is 9.79. The van der Waals surface area contributed by atoms with E-state index in [1.54, 1.807) is 19.1 Å². The molecule has 0 radical (unpaired) electrons. The van der Waals surface area contributed by atoms with Gasteiger partial charge in [0.25, 0.3) is 10.0 Å². The Morgan fingerprint density at radius 1 is 1.29 bits per heavy atom. The van der Waals surface area contributed by atoms with Gasteiger partial charge in [0.05, 0.1) is 11.3 Å². The molecule has 2 aromatic rings. The third-order valence-corrected chi connectivity index (χ3v) is 4.64. The van der Waals surface area contributed by atoms with Gasteiger partial charge in [0.1, 0.15) is 0 Å². The molecular formula is C13H11IN2O4S. The topological polar surface area (TPSA) is 96.4 Å². The second-order valence-corrected chi connectivity index (χ2v) is 7.13. The Morgan fingerprint density at radius 3 is 2.52 bits per heavy atom. The maximum Gasteiger partial charge on any atom is 0.337 e. The molecule has 6 nitrogen and oxygen atoms in total. The highest BCUT2D eigenvalue weighted by atomic mass is 127. The number of carbonyl (C=O) groups is 1. The number of nitrogens with one attached hydrogen (secondary N) is 1. The van der Waals surface area contributed by atoms with E-state index in [1.165, 1.54) is 6.07 Å². The molecule has 0 aliphatic carbocycles. The van der Waals surface area contributed by atoms with Crippen molar-refractivity contribution < 1.29 is 18.3 Å².